The van der Waals surface area contributed by atoms with Crippen LogP contribution < -0.4 is 5.32 Å². The van der Waals surface area contributed by atoms with Gasteiger partial charge in [0.2, 0.25) is 0 Å². The van der Waals surface area contributed by atoms with Gasteiger partial charge in [0.1, 0.15) is 17.7 Å². The predicted octanol–water partition coefficient (Wildman–Crippen LogP) is 1.56. The minimum absolute atomic E-state index is 0.0612. The van der Waals surface area contributed by atoms with E-state index in [1.807, 2.05) is 13.0 Å². The van der Waals surface area contributed by atoms with Gasteiger partial charge in [-0.25, -0.2) is 4.68 Å². The van der Waals surface area contributed by atoms with Crippen LogP contribution in [0.4, 0.5) is 5.82 Å². The number of ether oxygens (including phenoxy) is 1. The SMILES string of the molecule is Cc1occc1-c1cc(NC(=O)[C@H]2CCCO2)n(CCO)n1. The number of aryl methyl sites for hydroxylation is 1. The van der Waals surface area contributed by atoms with Crippen molar-refractivity contribution in [3.63, 3.8) is 0 Å². The van der Waals surface area contributed by atoms with Gasteiger partial charge in [-0.1, -0.05) is 0 Å². The molecule has 0 bridgehead atoms. The lowest BCUT2D eigenvalue weighted by Crippen LogP contribution is -2.28. The molecule has 118 valence electrons. The summed E-state index contributed by atoms with van der Waals surface area (Å²) in [5, 5.41) is 16.4. The van der Waals surface area contributed by atoms with Crippen LogP contribution in [0.2, 0.25) is 0 Å². The molecule has 0 aliphatic carbocycles. The van der Waals surface area contributed by atoms with Crippen LogP contribution in [0, 0.1) is 6.92 Å². The van der Waals surface area contributed by atoms with Crippen molar-refractivity contribution in [2.75, 3.05) is 18.5 Å². The van der Waals surface area contributed by atoms with E-state index in [0.29, 0.717) is 24.7 Å². The fraction of sp³-hybridized carbons (Fsp3) is 0.467. The highest BCUT2D eigenvalue weighted by Gasteiger charge is 2.25. The van der Waals surface area contributed by atoms with Gasteiger partial charge in [-0.3, -0.25) is 4.79 Å². The molecular formula is C15H19N3O4. The van der Waals surface area contributed by atoms with Crippen molar-refractivity contribution in [2.24, 2.45) is 0 Å². The summed E-state index contributed by atoms with van der Waals surface area (Å²) < 4.78 is 12.2. The van der Waals surface area contributed by atoms with Crippen molar-refractivity contribution in [1.29, 1.82) is 0 Å². The van der Waals surface area contributed by atoms with Crippen LogP contribution in [0.15, 0.2) is 22.8 Å². The van der Waals surface area contributed by atoms with Crippen LogP contribution in [-0.2, 0) is 16.1 Å². The fourth-order valence-electron chi connectivity index (χ4n) is 2.56. The van der Waals surface area contributed by atoms with Gasteiger partial charge in [0.05, 0.1) is 25.1 Å². The molecule has 2 N–H and O–H groups in total. The Bertz CT molecular complexity index is 656. The lowest BCUT2D eigenvalue weighted by molar-refractivity contribution is -0.124. The number of furan rings is 1. The quantitative estimate of drug-likeness (QED) is 0.875. The molecule has 0 saturated carbocycles. The molecule has 1 amide bonds. The van der Waals surface area contributed by atoms with E-state index >= 15 is 0 Å². The number of aliphatic hydroxyl groups excluding tert-OH is 1. The molecule has 1 saturated heterocycles. The average Bonchev–Trinajstić information content (AvgIpc) is 3.20. The smallest absolute Gasteiger partial charge is 0.254 e. The summed E-state index contributed by atoms with van der Waals surface area (Å²) in [5.74, 6) is 1.13. The summed E-state index contributed by atoms with van der Waals surface area (Å²) in [6.45, 7) is 2.71. The van der Waals surface area contributed by atoms with Gasteiger partial charge >= 0.3 is 0 Å². The van der Waals surface area contributed by atoms with E-state index in [1.54, 1.807) is 17.0 Å². The predicted molar refractivity (Wildman–Crippen MR) is 79.4 cm³/mol. The number of hydrogen-bond acceptors (Lipinski definition) is 5. The molecule has 7 heteroatoms. The van der Waals surface area contributed by atoms with E-state index < -0.39 is 6.10 Å². The number of nitrogens with one attached hydrogen (secondary N) is 1. The Kier molecular flexibility index (Phi) is 4.26. The van der Waals surface area contributed by atoms with Crippen LogP contribution >= 0.6 is 0 Å². The van der Waals surface area contributed by atoms with Gasteiger partial charge < -0.3 is 19.6 Å². The zero-order valence-corrected chi connectivity index (χ0v) is 12.4. The van der Waals surface area contributed by atoms with Crippen LogP contribution in [0.5, 0.6) is 0 Å². The third-order valence-corrected chi connectivity index (χ3v) is 3.70. The number of nitrogens with zero attached hydrogens (tertiary/aromatic N) is 2. The van der Waals surface area contributed by atoms with E-state index in [0.717, 1.165) is 24.2 Å². The van der Waals surface area contributed by atoms with Gasteiger partial charge in [-0.15, -0.1) is 0 Å². The Hall–Kier alpha value is -2.12. The highest BCUT2D eigenvalue weighted by Crippen LogP contribution is 2.26. The van der Waals surface area contributed by atoms with Gasteiger partial charge in [0.25, 0.3) is 5.91 Å². The molecular weight excluding hydrogens is 286 g/mol. The Labute approximate surface area is 127 Å². The van der Waals surface area contributed by atoms with Crippen molar-refractivity contribution in [2.45, 2.75) is 32.4 Å². The van der Waals surface area contributed by atoms with Crippen molar-refractivity contribution in [3.05, 3.63) is 24.2 Å². The van der Waals surface area contributed by atoms with E-state index in [9.17, 15) is 4.79 Å². The standard InChI is InChI=1S/C15H19N3O4/c1-10-11(4-8-21-10)12-9-14(18(17-12)5-6-19)16-15(20)13-3-2-7-22-13/h4,8-9,13,19H,2-3,5-7H2,1H3,(H,16,20)/t13-/m1/s1. The number of anilines is 1. The molecule has 3 heterocycles. The average molecular weight is 305 g/mol. The minimum atomic E-state index is -0.406. The van der Waals surface area contributed by atoms with E-state index in [2.05, 4.69) is 10.4 Å². The number of aliphatic hydroxyl groups is 1. The second kappa shape index (κ2) is 6.33. The topological polar surface area (TPSA) is 89.5 Å². The fourth-order valence-corrected chi connectivity index (χ4v) is 2.56. The maximum absolute atomic E-state index is 12.2. The summed E-state index contributed by atoms with van der Waals surface area (Å²) in [4.78, 5) is 12.2. The monoisotopic (exact) mass is 305 g/mol. The highest BCUT2D eigenvalue weighted by molar-refractivity contribution is 5.94. The highest BCUT2D eigenvalue weighted by atomic mass is 16.5. The Balaban J connectivity index is 1.84. The van der Waals surface area contributed by atoms with Crippen LogP contribution in [0.1, 0.15) is 18.6 Å². The molecule has 22 heavy (non-hydrogen) atoms. The van der Waals surface area contributed by atoms with Crippen molar-refractivity contribution in [3.8, 4) is 11.3 Å². The third kappa shape index (κ3) is 2.90. The number of hydrogen-bond donors (Lipinski definition) is 2. The molecule has 3 rings (SSSR count). The van der Waals surface area contributed by atoms with Crippen LogP contribution in [-0.4, -0.2) is 40.1 Å². The molecule has 0 spiro atoms. The van der Waals surface area contributed by atoms with Crippen molar-refractivity contribution >= 4 is 11.7 Å². The molecule has 1 fully saturated rings. The van der Waals surface area contributed by atoms with Gasteiger partial charge in [-0.2, -0.15) is 5.10 Å². The first-order chi connectivity index (χ1) is 10.7. The van der Waals surface area contributed by atoms with Gasteiger partial charge in [0.15, 0.2) is 0 Å². The minimum Gasteiger partial charge on any atom is -0.469 e. The lowest BCUT2D eigenvalue weighted by atomic mass is 10.2. The normalized spacial score (nSPS) is 17.8. The Morgan fingerprint density at radius 1 is 1.59 bits per heavy atom. The maximum Gasteiger partial charge on any atom is 0.254 e. The summed E-state index contributed by atoms with van der Waals surface area (Å²) in [6.07, 6.45) is 2.82. The molecule has 1 aliphatic rings. The second-order valence-electron chi connectivity index (χ2n) is 5.24. The van der Waals surface area contributed by atoms with Crippen molar-refractivity contribution in [1.82, 2.24) is 9.78 Å². The molecule has 7 nitrogen and oxygen atoms in total. The first kappa shape index (κ1) is 14.8. The number of carbonyl (C=O) groups is 1. The van der Waals surface area contributed by atoms with Crippen molar-refractivity contribution < 1.29 is 19.1 Å². The van der Waals surface area contributed by atoms with E-state index in [-0.39, 0.29) is 12.5 Å². The number of aromatic nitrogens is 2. The van der Waals surface area contributed by atoms with Crippen LogP contribution in [0.3, 0.4) is 0 Å². The summed E-state index contributed by atoms with van der Waals surface area (Å²) in [5.41, 5.74) is 1.56. The first-order valence-electron chi connectivity index (χ1n) is 7.34. The maximum atomic E-state index is 12.2. The van der Waals surface area contributed by atoms with Crippen LogP contribution in [0.25, 0.3) is 11.3 Å². The van der Waals surface area contributed by atoms with Gasteiger partial charge in [-0.05, 0) is 25.8 Å². The lowest BCUT2D eigenvalue weighted by Gasteiger charge is -2.11. The molecule has 0 radical (unpaired) electrons. The number of rotatable bonds is 5. The molecule has 2 aromatic rings. The molecule has 1 aliphatic heterocycles. The number of carbonyl (C=O) groups excluding carboxylic acids is 1. The first-order valence-corrected chi connectivity index (χ1v) is 7.34. The molecule has 0 unspecified atom stereocenters. The largest absolute Gasteiger partial charge is 0.469 e. The zero-order valence-electron chi connectivity index (χ0n) is 12.4. The Morgan fingerprint density at radius 2 is 2.45 bits per heavy atom. The summed E-state index contributed by atoms with van der Waals surface area (Å²) in [6, 6.07) is 3.60. The molecule has 2 aromatic heterocycles. The Morgan fingerprint density at radius 3 is 3.09 bits per heavy atom. The van der Waals surface area contributed by atoms with E-state index in [1.165, 1.54) is 0 Å². The number of amides is 1. The zero-order chi connectivity index (χ0) is 15.5. The second-order valence-corrected chi connectivity index (χ2v) is 5.24. The molecule has 0 aromatic carbocycles. The summed E-state index contributed by atoms with van der Waals surface area (Å²) in [7, 11) is 0. The van der Waals surface area contributed by atoms with E-state index in [4.69, 9.17) is 14.3 Å². The third-order valence-electron chi connectivity index (χ3n) is 3.70. The molecule has 1 atom stereocenters. The summed E-state index contributed by atoms with van der Waals surface area (Å²) >= 11 is 0. The van der Waals surface area contributed by atoms with Gasteiger partial charge in [0, 0.05) is 18.2 Å².